The van der Waals surface area contributed by atoms with E-state index in [0.29, 0.717) is 12.8 Å². The number of aromatic nitrogens is 2. The van der Waals surface area contributed by atoms with E-state index in [1.807, 2.05) is 0 Å². The lowest BCUT2D eigenvalue weighted by Gasteiger charge is -2.04. The molecule has 0 saturated carbocycles. The van der Waals surface area contributed by atoms with Crippen LogP contribution in [0.4, 0.5) is 0 Å². The zero-order valence-corrected chi connectivity index (χ0v) is 12.0. The summed E-state index contributed by atoms with van der Waals surface area (Å²) in [5.74, 6) is -0.117. The Hall–Kier alpha value is -1.02. The first-order valence-electron chi connectivity index (χ1n) is 5.61. The Morgan fingerprint density at radius 2 is 1.28 bits per heavy atom. The highest BCUT2D eigenvalue weighted by Crippen LogP contribution is 2.14. The third-order valence-electron chi connectivity index (χ3n) is 2.20. The molecule has 0 unspecified atom stereocenters. The van der Waals surface area contributed by atoms with Gasteiger partial charge in [0.15, 0.2) is 29.7 Å². The highest BCUT2D eigenvalue weighted by Gasteiger charge is 2.21. The summed E-state index contributed by atoms with van der Waals surface area (Å²) in [7, 11) is -7.05. The van der Waals surface area contributed by atoms with Crippen LogP contribution in [0.2, 0.25) is 0 Å². The molecule has 0 aromatic carbocycles. The summed E-state index contributed by atoms with van der Waals surface area (Å²) in [5.41, 5.74) is 0. The van der Waals surface area contributed by atoms with Crippen molar-refractivity contribution in [3.05, 3.63) is 12.4 Å². The van der Waals surface area contributed by atoms with Crippen molar-refractivity contribution < 1.29 is 16.8 Å². The van der Waals surface area contributed by atoms with Gasteiger partial charge in [0.2, 0.25) is 0 Å². The molecule has 1 aromatic heterocycles. The van der Waals surface area contributed by atoms with Crippen LogP contribution in [0.1, 0.15) is 26.7 Å². The molecular formula is C10H16N2O4S2. The van der Waals surface area contributed by atoms with Crippen LogP contribution in [0.3, 0.4) is 0 Å². The molecule has 0 atom stereocenters. The molecule has 0 aliphatic heterocycles. The van der Waals surface area contributed by atoms with E-state index in [-0.39, 0.29) is 21.6 Å². The van der Waals surface area contributed by atoms with Gasteiger partial charge in [0.05, 0.1) is 11.5 Å². The summed E-state index contributed by atoms with van der Waals surface area (Å²) in [6.07, 6.45) is 1.87. The largest absolute Gasteiger partial charge is 0.225 e. The second-order valence-electron chi connectivity index (χ2n) is 3.83. The molecule has 8 heteroatoms. The minimum absolute atomic E-state index is 0.0583. The van der Waals surface area contributed by atoms with Crippen molar-refractivity contribution in [2.45, 2.75) is 36.7 Å². The van der Waals surface area contributed by atoms with Crippen molar-refractivity contribution >= 4 is 19.7 Å². The Morgan fingerprint density at radius 1 is 0.889 bits per heavy atom. The van der Waals surface area contributed by atoms with Crippen LogP contribution in [0, 0.1) is 0 Å². The Morgan fingerprint density at radius 3 is 1.61 bits per heavy atom. The maximum absolute atomic E-state index is 11.8. The third-order valence-corrected chi connectivity index (χ3v) is 5.81. The smallest absolute Gasteiger partial charge is 0.195 e. The molecule has 0 aliphatic carbocycles. The number of rotatable bonds is 6. The summed E-state index contributed by atoms with van der Waals surface area (Å²) in [6.45, 7) is 3.46. The van der Waals surface area contributed by atoms with Gasteiger partial charge in [-0.05, 0) is 12.8 Å². The van der Waals surface area contributed by atoms with E-state index in [2.05, 4.69) is 9.97 Å². The van der Waals surface area contributed by atoms with E-state index < -0.39 is 19.7 Å². The maximum Gasteiger partial charge on any atom is 0.195 e. The van der Waals surface area contributed by atoms with Gasteiger partial charge >= 0.3 is 0 Å². The van der Waals surface area contributed by atoms with Crippen LogP contribution in [0.15, 0.2) is 22.4 Å². The van der Waals surface area contributed by atoms with E-state index in [1.165, 1.54) is 0 Å². The molecule has 0 amide bonds. The first kappa shape index (κ1) is 15.0. The lowest BCUT2D eigenvalue weighted by Crippen LogP contribution is -2.13. The lowest BCUT2D eigenvalue weighted by atomic mass is 10.6. The molecule has 0 aliphatic rings. The van der Waals surface area contributed by atoms with Crippen LogP contribution in [0.25, 0.3) is 0 Å². The van der Waals surface area contributed by atoms with Crippen LogP contribution in [-0.4, -0.2) is 38.3 Å². The zero-order chi connectivity index (χ0) is 13.8. The van der Waals surface area contributed by atoms with E-state index in [0.717, 1.165) is 12.4 Å². The van der Waals surface area contributed by atoms with Gasteiger partial charge in [0.25, 0.3) is 0 Å². The van der Waals surface area contributed by atoms with Gasteiger partial charge in [-0.1, -0.05) is 13.8 Å². The Balaban J connectivity index is 3.23. The van der Waals surface area contributed by atoms with E-state index in [4.69, 9.17) is 0 Å². The molecule has 0 radical (unpaired) electrons. The molecule has 0 bridgehead atoms. The minimum atomic E-state index is -3.52. The number of nitrogens with zero attached hydrogens (tertiary/aromatic N) is 2. The minimum Gasteiger partial charge on any atom is -0.225 e. The van der Waals surface area contributed by atoms with Crippen LogP contribution >= 0.6 is 0 Å². The second-order valence-corrected chi connectivity index (χ2v) is 7.94. The molecule has 102 valence electrons. The van der Waals surface area contributed by atoms with Crippen LogP contribution in [-0.2, 0) is 19.7 Å². The molecule has 18 heavy (non-hydrogen) atoms. The third kappa shape index (κ3) is 3.49. The first-order chi connectivity index (χ1) is 8.33. The molecular weight excluding hydrogens is 276 g/mol. The topological polar surface area (TPSA) is 94.1 Å². The average molecular weight is 292 g/mol. The monoisotopic (exact) mass is 292 g/mol. The Labute approximate surface area is 107 Å². The first-order valence-corrected chi connectivity index (χ1v) is 8.91. The SMILES string of the molecule is CCCS(=O)(=O)c1cc(S(=O)(=O)CCC)ncn1. The molecule has 6 nitrogen and oxygen atoms in total. The van der Waals surface area contributed by atoms with Gasteiger partial charge in [0, 0.05) is 6.07 Å². The van der Waals surface area contributed by atoms with E-state index in [1.54, 1.807) is 13.8 Å². The maximum atomic E-state index is 11.8. The molecule has 1 rings (SSSR count). The predicted molar refractivity (Wildman–Crippen MR) is 66.7 cm³/mol. The van der Waals surface area contributed by atoms with Crippen molar-refractivity contribution in [1.82, 2.24) is 9.97 Å². The highest BCUT2D eigenvalue weighted by molar-refractivity contribution is 7.92. The summed E-state index contributed by atoms with van der Waals surface area (Å²) in [4.78, 5) is 7.28. The quantitative estimate of drug-likeness (QED) is 0.721. The molecule has 0 N–H and O–H groups in total. The molecule has 1 heterocycles. The van der Waals surface area contributed by atoms with Gasteiger partial charge in [-0.25, -0.2) is 26.8 Å². The van der Waals surface area contributed by atoms with E-state index in [9.17, 15) is 16.8 Å². The normalized spacial score (nSPS) is 12.6. The molecule has 0 spiro atoms. The van der Waals surface area contributed by atoms with Crippen molar-refractivity contribution in [2.75, 3.05) is 11.5 Å². The highest BCUT2D eigenvalue weighted by atomic mass is 32.2. The van der Waals surface area contributed by atoms with E-state index >= 15 is 0 Å². The fourth-order valence-electron chi connectivity index (χ4n) is 1.41. The standard InChI is InChI=1S/C10H16N2O4S2/c1-3-5-17(13,14)9-7-10(12-8-11-9)18(15,16)6-4-2/h7-8H,3-6H2,1-2H3. The predicted octanol–water partition coefficient (Wildman–Crippen LogP) is 0.844. The fourth-order valence-corrected chi connectivity index (χ4v) is 3.98. The summed E-state index contributed by atoms with van der Waals surface area (Å²) >= 11 is 0. The van der Waals surface area contributed by atoms with Crippen molar-refractivity contribution in [3.63, 3.8) is 0 Å². The second kappa shape index (κ2) is 5.75. The zero-order valence-electron chi connectivity index (χ0n) is 10.3. The summed E-state index contributed by atoms with van der Waals surface area (Å²) in [6, 6.07) is 1.04. The van der Waals surface area contributed by atoms with Gasteiger partial charge in [-0.2, -0.15) is 0 Å². The van der Waals surface area contributed by atoms with Crippen LogP contribution < -0.4 is 0 Å². The Kier molecular flexibility index (Phi) is 4.80. The van der Waals surface area contributed by atoms with Gasteiger partial charge in [0.1, 0.15) is 6.33 Å². The lowest BCUT2D eigenvalue weighted by molar-refractivity contribution is 0.585. The van der Waals surface area contributed by atoms with Crippen molar-refractivity contribution in [2.24, 2.45) is 0 Å². The number of hydrogen-bond acceptors (Lipinski definition) is 6. The molecule has 0 fully saturated rings. The summed E-state index contributed by atoms with van der Waals surface area (Å²) in [5, 5.41) is -0.456. The van der Waals surface area contributed by atoms with Crippen molar-refractivity contribution in [3.8, 4) is 0 Å². The van der Waals surface area contributed by atoms with Gasteiger partial charge in [-0.15, -0.1) is 0 Å². The fraction of sp³-hybridized carbons (Fsp3) is 0.600. The molecule has 1 aromatic rings. The Bertz CT molecular complexity index is 557. The van der Waals surface area contributed by atoms with Gasteiger partial charge in [-0.3, -0.25) is 0 Å². The van der Waals surface area contributed by atoms with Gasteiger partial charge < -0.3 is 0 Å². The van der Waals surface area contributed by atoms with Crippen LogP contribution in [0.5, 0.6) is 0 Å². The molecule has 0 saturated heterocycles. The number of sulfone groups is 2. The average Bonchev–Trinajstić information content (AvgIpc) is 2.29. The summed E-state index contributed by atoms with van der Waals surface area (Å²) < 4.78 is 47.1. The van der Waals surface area contributed by atoms with Crippen molar-refractivity contribution in [1.29, 1.82) is 0 Å². The number of hydrogen-bond donors (Lipinski definition) is 0.